The SMILES string of the molecule is COC(=O)[C@H](C[C@H](F)C(=O)OC)NC(=O)c1ccc(NCc2cnc3nc(N)nc(N)c3n2)c(F)c1. The van der Waals surface area contributed by atoms with Gasteiger partial charge in [0, 0.05) is 12.0 Å². The topological polar surface area (TPSA) is 197 Å². The highest BCUT2D eigenvalue weighted by Crippen LogP contribution is 2.19. The molecule has 6 N–H and O–H groups in total. The van der Waals surface area contributed by atoms with Crippen molar-refractivity contribution in [2.24, 2.45) is 0 Å². The Morgan fingerprint density at radius 1 is 1.08 bits per heavy atom. The number of nitrogens with one attached hydrogen (secondary N) is 2. The molecule has 2 aromatic heterocycles. The predicted octanol–water partition coefficient (Wildman–Crippen LogP) is 0.508. The standard InChI is InChI=1S/C21H22F2N8O5/c1-35-19(33)12(23)6-14(20(34)36-2)29-18(32)9-3-4-13(11(22)5-9)26-7-10-8-27-17-15(28-10)16(24)30-21(25)31-17/h3-5,8,12,14,26H,6-7H2,1-2H3,(H,29,32)(H4,24,25,27,30,31)/t12-,14-/m0/s1. The number of benzene rings is 1. The van der Waals surface area contributed by atoms with Crippen molar-refractivity contribution in [3.63, 3.8) is 0 Å². The lowest BCUT2D eigenvalue weighted by Gasteiger charge is -2.18. The summed E-state index contributed by atoms with van der Waals surface area (Å²) in [5.41, 5.74) is 12.0. The largest absolute Gasteiger partial charge is 0.467 e. The van der Waals surface area contributed by atoms with Crippen LogP contribution in [0.25, 0.3) is 11.2 Å². The summed E-state index contributed by atoms with van der Waals surface area (Å²) in [7, 11) is 2.01. The number of halogens is 2. The molecule has 2 atom stereocenters. The van der Waals surface area contributed by atoms with Gasteiger partial charge < -0.3 is 31.6 Å². The molecule has 36 heavy (non-hydrogen) atoms. The van der Waals surface area contributed by atoms with E-state index in [4.69, 9.17) is 11.5 Å². The van der Waals surface area contributed by atoms with Crippen molar-refractivity contribution >= 4 is 46.5 Å². The van der Waals surface area contributed by atoms with Crippen molar-refractivity contribution in [1.29, 1.82) is 0 Å². The summed E-state index contributed by atoms with van der Waals surface area (Å²) >= 11 is 0. The molecule has 0 radical (unpaired) electrons. The number of nitrogens with two attached hydrogens (primary N) is 2. The fraction of sp³-hybridized carbons (Fsp3) is 0.286. The summed E-state index contributed by atoms with van der Waals surface area (Å²) in [6, 6.07) is 1.98. The summed E-state index contributed by atoms with van der Waals surface area (Å²) in [5.74, 6) is -3.88. The average molecular weight is 504 g/mol. The van der Waals surface area contributed by atoms with Gasteiger partial charge in [-0.05, 0) is 18.2 Å². The smallest absolute Gasteiger partial charge is 0.340 e. The van der Waals surface area contributed by atoms with Crippen LogP contribution in [0.15, 0.2) is 24.4 Å². The molecule has 0 spiro atoms. The van der Waals surface area contributed by atoms with E-state index < -0.39 is 42.3 Å². The van der Waals surface area contributed by atoms with Crippen molar-refractivity contribution in [3.8, 4) is 0 Å². The maximum atomic E-state index is 14.7. The number of esters is 2. The van der Waals surface area contributed by atoms with Gasteiger partial charge in [0.2, 0.25) is 5.95 Å². The van der Waals surface area contributed by atoms with Crippen LogP contribution in [0.4, 0.5) is 26.2 Å². The minimum absolute atomic E-state index is 0.0361. The van der Waals surface area contributed by atoms with E-state index in [0.29, 0.717) is 5.69 Å². The second kappa shape index (κ2) is 11.2. The van der Waals surface area contributed by atoms with E-state index >= 15 is 0 Å². The zero-order chi connectivity index (χ0) is 26.4. The van der Waals surface area contributed by atoms with Gasteiger partial charge in [-0.25, -0.2) is 28.3 Å². The van der Waals surface area contributed by atoms with E-state index in [-0.39, 0.29) is 40.7 Å². The first-order valence-electron chi connectivity index (χ1n) is 10.3. The molecule has 190 valence electrons. The molecule has 0 aliphatic carbocycles. The van der Waals surface area contributed by atoms with Crippen molar-refractivity contribution in [1.82, 2.24) is 25.3 Å². The molecule has 15 heteroatoms. The van der Waals surface area contributed by atoms with Crippen LogP contribution in [-0.4, -0.2) is 64.2 Å². The highest BCUT2D eigenvalue weighted by atomic mass is 19.1. The number of methoxy groups -OCH3 is 2. The number of fused-ring (bicyclic) bond motifs is 1. The van der Waals surface area contributed by atoms with Crippen molar-refractivity contribution in [3.05, 3.63) is 41.5 Å². The number of nitrogen functional groups attached to an aromatic ring is 2. The molecule has 0 aliphatic rings. The van der Waals surface area contributed by atoms with Crippen molar-refractivity contribution in [2.75, 3.05) is 31.0 Å². The molecule has 0 bridgehead atoms. The highest BCUT2D eigenvalue weighted by molar-refractivity contribution is 5.97. The highest BCUT2D eigenvalue weighted by Gasteiger charge is 2.30. The number of alkyl halides is 1. The van der Waals surface area contributed by atoms with Gasteiger partial charge in [-0.3, -0.25) is 4.79 Å². The van der Waals surface area contributed by atoms with Crippen LogP contribution in [0.2, 0.25) is 0 Å². The zero-order valence-corrected chi connectivity index (χ0v) is 19.1. The Morgan fingerprint density at radius 3 is 2.47 bits per heavy atom. The van der Waals surface area contributed by atoms with Gasteiger partial charge in [0.25, 0.3) is 5.91 Å². The van der Waals surface area contributed by atoms with Crippen molar-refractivity contribution < 1.29 is 32.6 Å². The number of hydrogen-bond donors (Lipinski definition) is 4. The van der Waals surface area contributed by atoms with Gasteiger partial charge in [0.15, 0.2) is 23.2 Å². The van der Waals surface area contributed by atoms with E-state index in [0.717, 1.165) is 20.3 Å². The van der Waals surface area contributed by atoms with E-state index in [9.17, 15) is 23.2 Å². The Labute approximate surface area is 202 Å². The Morgan fingerprint density at radius 2 is 1.81 bits per heavy atom. The van der Waals surface area contributed by atoms with E-state index in [2.05, 4.69) is 40.0 Å². The van der Waals surface area contributed by atoms with Crippen LogP contribution >= 0.6 is 0 Å². The van der Waals surface area contributed by atoms with E-state index in [1.165, 1.54) is 18.3 Å². The Balaban J connectivity index is 1.69. The molecule has 2 heterocycles. The minimum Gasteiger partial charge on any atom is -0.467 e. The molecule has 0 saturated carbocycles. The third-order valence-corrected chi connectivity index (χ3v) is 4.88. The molecule has 1 aromatic carbocycles. The first-order valence-corrected chi connectivity index (χ1v) is 10.3. The summed E-state index contributed by atoms with van der Waals surface area (Å²) in [6.07, 6.45) is -1.50. The molecule has 0 unspecified atom stereocenters. The molecule has 0 fully saturated rings. The molecular weight excluding hydrogens is 482 g/mol. The van der Waals surface area contributed by atoms with Gasteiger partial charge in [0.1, 0.15) is 11.9 Å². The lowest BCUT2D eigenvalue weighted by atomic mass is 10.1. The number of ether oxygens (including phenoxy) is 2. The first-order chi connectivity index (χ1) is 17.1. The Hall–Kier alpha value is -4.69. The Bertz CT molecular complexity index is 1310. The number of anilines is 3. The van der Waals surface area contributed by atoms with Crippen LogP contribution in [-0.2, 0) is 25.6 Å². The fourth-order valence-corrected chi connectivity index (χ4v) is 3.08. The van der Waals surface area contributed by atoms with Crippen molar-refractivity contribution in [2.45, 2.75) is 25.2 Å². The first kappa shape index (κ1) is 25.9. The number of aromatic nitrogens is 4. The minimum atomic E-state index is -2.18. The molecular formula is C21H22F2N8O5. The van der Waals surface area contributed by atoms with Gasteiger partial charge in [-0.15, -0.1) is 0 Å². The summed E-state index contributed by atoms with van der Waals surface area (Å²) < 4.78 is 37.4. The van der Waals surface area contributed by atoms with Gasteiger partial charge in [0.05, 0.1) is 38.3 Å². The number of amides is 1. The lowest BCUT2D eigenvalue weighted by Crippen LogP contribution is -2.44. The zero-order valence-electron chi connectivity index (χ0n) is 19.1. The number of rotatable bonds is 9. The van der Waals surface area contributed by atoms with E-state index in [1.807, 2.05) is 0 Å². The summed E-state index contributed by atoms with van der Waals surface area (Å²) in [4.78, 5) is 51.9. The average Bonchev–Trinajstić information content (AvgIpc) is 2.86. The predicted molar refractivity (Wildman–Crippen MR) is 122 cm³/mol. The fourth-order valence-electron chi connectivity index (χ4n) is 3.08. The molecule has 0 aliphatic heterocycles. The van der Waals surface area contributed by atoms with Gasteiger partial charge in [-0.2, -0.15) is 9.97 Å². The third kappa shape index (κ3) is 6.05. The Kier molecular flexibility index (Phi) is 8.03. The second-order valence-electron chi connectivity index (χ2n) is 7.32. The normalized spacial score (nSPS) is 12.4. The lowest BCUT2D eigenvalue weighted by molar-refractivity contribution is -0.148. The monoisotopic (exact) mass is 504 g/mol. The van der Waals surface area contributed by atoms with Crippen LogP contribution < -0.4 is 22.1 Å². The van der Waals surface area contributed by atoms with Crippen LogP contribution in [0.5, 0.6) is 0 Å². The molecule has 0 saturated heterocycles. The molecule has 3 rings (SSSR count). The number of carbonyl (C=O) groups is 3. The third-order valence-electron chi connectivity index (χ3n) is 4.88. The van der Waals surface area contributed by atoms with Crippen LogP contribution in [0.3, 0.4) is 0 Å². The second-order valence-corrected chi connectivity index (χ2v) is 7.32. The summed E-state index contributed by atoms with van der Waals surface area (Å²) in [5, 5.41) is 5.04. The van der Waals surface area contributed by atoms with Gasteiger partial charge in [-0.1, -0.05) is 0 Å². The number of hydrogen-bond acceptors (Lipinski definition) is 12. The molecule has 3 aromatic rings. The molecule has 1 amide bonds. The maximum Gasteiger partial charge on any atom is 0.340 e. The quantitative estimate of drug-likeness (QED) is 0.295. The number of nitrogens with zero attached hydrogens (tertiary/aromatic N) is 4. The van der Waals surface area contributed by atoms with Crippen LogP contribution in [0.1, 0.15) is 22.5 Å². The number of carbonyl (C=O) groups excluding carboxylic acids is 3. The van der Waals surface area contributed by atoms with Crippen LogP contribution in [0, 0.1) is 5.82 Å². The maximum absolute atomic E-state index is 14.7. The summed E-state index contributed by atoms with van der Waals surface area (Å²) in [6.45, 7) is 0.0467. The van der Waals surface area contributed by atoms with E-state index in [1.54, 1.807) is 0 Å². The molecule has 13 nitrogen and oxygen atoms in total. The van der Waals surface area contributed by atoms with Gasteiger partial charge >= 0.3 is 11.9 Å².